The lowest BCUT2D eigenvalue weighted by Crippen LogP contribution is -1.99. The molecule has 0 unspecified atom stereocenters. The summed E-state index contributed by atoms with van der Waals surface area (Å²) >= 11 is 1.19. The normalized spacial score (nSPS) is 10.1. The number of aldehydes is 1. The number of nitrogens with zero attached hydrogens (tertiary/aromatic N) is 1. The Balaban J connectivity index is 2.58. The van der Waals surface area contributed by atoms with Crippen LogP contribution in [0.2, 0.25) is 0 Å². The maximum absolute atomic E-state index is 10.9. The second-order valence-corrected chi connectivity index (χ2v) is 4.63. The van der Waals surface area contributed by atoms with Crippen LogP contribution >= 0.6 is 11.3 Å². The Hall–Kier alpha value is -2.54. The summed E-state index contributed by atoms with van der Waals surface area (Å²) in [4.78, 5) is 32.2. The summed E-state index contributed by atoms with van der Waals surface area (Å²) in [5, 5.41) is 21.4. The quantitative estimate of drug-likeness (QED) is 0.526. The van der Waals surface area contributed by atoms with Gasteiger partial charge < -0.3 is 5.11 Å². The number of nitro benzene ring substituents is 1. The molecule has 0 aliphatic carbocycles. The zero-order chi connectivity index (χ0) is 14.0. The SMILES string of the molecule is O=Cc1cc(-c2cc(C(=O)O)cc([N+](=O)[O-])c2)cs1. The van der Waals surface area contributed by atoms with Gasteiger partial charge in [-0.2, -0.15) is 0 Å². The predicted molar refractivity (Wildman–Crippen MR) is 68.8 cm³/mol. The molecule has 0 fully saturated rings. The van der Waals surface area contributed by atoms with E-state index in [4.69, 9.17) is 5.11 Å². The Morgan fingerprint density at radius 1 is 1.26 bits per heavy atom. The molecule has 19 heavy (non-hydrogen) atoms. The van der Waals surface area contributed by atoms with E-state index < -0.39 is 10.9 Å². The number of hydrogen-bond donors (Lipinski definition) is 1. The third-order valence-electron chi connectivity index (χ3n) is 2.44. The van der Waals surface area contributed by atoms with Crippen molar-refractivity contribution in [1.82, 2.24) is 0 Å². The van der Waals surface area contributed by atoms with Crippen LogP contribution in [0.25, 0.3) is 11.1 Å². The number of carboxylic acids is 1. The van der Waals surface area contributed by atoms with Crippen LogP contribution in [0.4, 0.5) is 5.69 Å². The van der Waals surface area contributed by atoms with Gasteiger partial charge in [-0.05, 0) is 28.6 Å². The second-order valence-electron chi connectivity index (χ2n) is 3.69. The first-order chi connectivity index (χ1) is 9.01. The number of rotatable bonds is 4. The van der Waals surface area contributed by atoms with Crippen molar-refractivity contribution in [3.8, 4) is 11.1 Å². The summed E-state index contributed by atoms with van der Waals surface area (Å²) in [6.07, 6.45) is 0.670. The molecule has 7 heteroatoms. The van der Waals surface area contributed by atoms with Crippen LogP contribution in [0.3, 0.4) is 0 Å². The van der Waals surface area contributed by atoms with Crippen LogP contribution in [-0.2, 0) is 0 Å². The van der Waals surface area contributed by atoms with Crippen molar-refractivity contribution in [2.75, 3.05) is 0 Å². The maximum atomic E-state index is 10.9. The molecule has 0 bridgehead atoms. The van der Waals surface area contributed by atoms with Gasteiger partial charge in [0.1, 0.15) is 0 Å². The highest BCUT2D eigenvalue weighted by atomic mass is 32.1. The summed E-state index contributed by atoms with van der Waals surface area (Å²) in [7, 11) is 0. The summed E-state index contributed by atoms with van der Waals surface area (Å²) in [5.41, 5.74) is 0.519. The van der Waals surface area contributed by atoms with Gasteiger partial charge in [0.25, 0.3) is 5.69 Å². The molecule has 6 nitrogen and oxygen atoms in total. The molecule has 1 aromatic carbocycles. The molecule has 0 atom stereocenters. The highest BCUT2D eigenvalue weighted by Crippen LogP contribution is 2.29. The van der Waals surface area contributed by atoms with E-state index in [9.17, 15) is 19.7 Å². The monoisotopic (exact) mass is 277 g/mol. The van der Waals surface area contributed by atoms with E-state index in [0.717, 1.165) is 6.07 Å². The number of nitro groups is 1. The molecule has 2 aromatic rings. The van der Waals surface area contributed by atoms with Crippen molar-refractivity contribution >= 4 is 29.3 Å². The first-order valence-corrected chi connectivity index (χ1v) is 5.96. The number of carboxylic acid groups (broad SMARTS) is 1. The van der Waals surface area contributed by atoms with Gasteiger partial charge in [-0.25, -0.2) is 4.79 Å². The Kier molecular flexibility index (Phi) is 3.39. The van der Waals surface area contributed by atoms with E-state index >= 15 is 0 Å². The lowest BCUT2D eigenvalue weighted by molar-refractivity contribution is -0.384. The third-order valence-corrected chi connectivity index (χ3v) is 3.30. The smallest absolute Gasteiger partial charge is 0.335 e. The summed E-state index contributed by atoms with van der Waals surface area (Å²) < 4.78 is 0. The fourth-order valence-corrected chi connectivity index (χ4v) is 2.29. The van der Waals surface area contributed by atoms with Crippen LogP contribution in [-0.4, -0.2) is 22.3 Å². The van der Waals surface area contributed by atoms with Crippen LogP contribution in [0.1, 0.15) is 20.0 Å². The highest BCUT2D eigenvalue weighted by Gasteiger charge is 2.15. The van der Waals surface area contributed by atoms with Gasteiger partial charge in [-0.15, -0.1) is 11.3 Å². The molecule has 0 aliphatic heterocycles. The zero-order valence-electron chi connectivity index (χ0n) is 9.40. The highest BCUT2D eigenvalue weighted by molar-refractivity contribution is 7.12. The zero-order valence-corrected chi connectivity index (χ0v) is 10.2. The number of aromatic carboxylic acids is 1. The van der Waals surface area contributed by atoms with Gasteiger partial charge in [0.2, 0.25) is 0 Å². The number of benzene rings is 1. The molecule has 1 N–H and O–H groups in total. The number of carbonyl (C=O) groups is 2. The van der Waals surface area contributed by atoms with E-state index in [1.807, 2.05) is 0 Å². The topological polar surface area (TPSA) is 97.5 Å². The molecule has 0 aliphatic rings. The van der Waals surface area contributed by atoms with Crippen molar-refractivity contribution in [1.29, 1.82) is 0 Å². The first kappa shape index (κ1) is 12.9. The predicted octanol–water partition coefficient (Wildman–Crippen LogP) is 2.83. The molecular weight excluding hydrogens is 270 g/mol. The fourth-order valence-electron chi connectivity index (χ4n) is 1.57. The van der Waals surface area contributed by atoms with Crippen molar-refractivity contribution in [2.45, 2.75) is 0 Å². The Labute approximate surface area is 111 Å². The van der Waals surface area contributed by atoms with Gasteiger partial charge in [0.05, 0.1) is 15.4 Å². The largest absolute Gasteiger partial charge is 0.478 e. The fraction of sp³-hybridized carbons (Fsp3) is 0. The van der Waals surface area contributed by atoms with Gasteiger partial charge in [-0.1, -0.05) is 0 Å². The van der Waals surface area contributed by atoms with Gasteiger partial charge in [-0.3, -0.25) is 14.9 Å². The van der Waals surface area contributed by atoms with Crippen molar-refractivity contribution < 1.29 is 19.6 Å². The molecule has 1 heterocycles. The Morgan fingerprint density at radius 3 is 2.53 bits per heavy atom. The minimum absolute atomic E-state index is 0.164. The van der Waals surface area contributed by atoms with Gasteiger partial charge in [0.15, 0.2) is 6.29 Å². The second kappa shape index (κ2) is 4.99. The van der Waals surface area contributed by atoms with Crippen LogP contribution in [0.15, 0.2) is 29.6 Å². The molecule has 0 saturated carbocycles. The standard InChI is InChI=1S/C12H7NO5S/c14-5-11-4-9(6-19-11)7-1-8(12(15)16)3-10(2-7)13(17)18/h1-6H,(H,15,16). The lowest BCUT2D eigenvalue weighted by atomic mass is 10.0. The number of carbonyl (C=O) groups excluding carboxylic acids is 1. The van der Waals surface area contributed by atoms with Crippen molar-refractivity contribution in [3.05, 3.63) is 50.2 Å². The van der Waals surface area contributed by atoms with E-state index in [2.05, 4.69) is 0 Å². The van der Waals surface area contributed by atoms with Gasteiger partial charge >= 0.3 is 5.97 Å². The van der Waals surface area contributed by atoms with Crippen LogP contribution in [0.5, 0.6) is 0 Å². The summed E-state index contributed by atoms with van der Waals surface area (Å²) in [6, 6.07) is 5.18. The van der Waals surface area contributed by atoms with Gasteiger partial charge in [0, 0.05) is 12.1 Å². The first-order valence-electron chi connectivity index (χ1n) is 5.08. The van der Waals surface area contributed by atoms with E-state index in [1.165, 1.54) is 23.5 Å². The molecule has 96 valence electrons. The van der Waals surface area contributed by atoms with Crippen molar-refractivity contribution in [3.63, 3.8) is 0 Å². The molecule has 1 aromatic heterocycles. The Bertz CT molecular complexity index is 644. The van der Waals surface area contributed by atoms with E-state index in [-0.39, 0.29) is 11.3 Å². The minimum atomic E-state index is -1.24. The number of thiophene rings is 1. The summed E-state index contributed by atoms with van der Waals surface area (Å²) in [6.45, 7) is 0. The molecule has 2 rings (SSSR count). The maximum Gasteiger partial charge on any atom is 0.335 e. The van der Waals surface area contributed by atoms with E-state index in [0.29, 0.717) is 22.3 Å². The Morgan fingerprint density at radius 2 is 2.00 bits per heavy atom. The average molecular weight is 277 g/mol. The average Bonchev–Trinajstić information content (AvgIpc) is 2.86. The molecule has 0 saturated heterocycles. The number of non-ortho nitro benzene ring substituents is 1. The molecule has 0 spiro atoms. The lowest BCUT2D eigenvalue weighted by Gasteiger charge is -2.01. The van der Waals surface area contributed by atoms with Crippen LogP contribution in [0, 0.1) is 10.1 Å². The summed E-state index contributed by atoms with van der Waals surface area (Å²) in [5.74, 6) is -1.24. The minimum Gasteiger partial charge on any atom is -0.478 e. The number of hydrogen-bond acceptors (Lipinski definition) is 5. The molecular formula is C12H7NO5S. The van der Waals surface area contributed by atoms with E-state index in [1.54, 1.807) is 11.4 Å². The van der Waals surface area contributed by atoms with Crippen molar-refractivity contribution in [2.24, 2.45) is 0 Å². The molecule has 0 amide bonds. The molecule has 0 radical (unpaired) electrons. The third kappa shape index (κ3) is 2.66. The van der Waals surface area contributed by atoms with Crippen LogP contribution < -0.4 is 0 Å².